The van der Waals surface area contributed by atoms with E-state index in [1.807, 2.05) is 31.4 Å². The average Bonchev–Trinajstić information content (AvgIpc) is 3.42. The molecule has 2 aromatic carbocycles. The summed E-state index contributed by atoms with van der Waals surface area (Å²) >= 11 is 1.37. The van der Waals surface area contributed by atoms with Gasteiger partial charge in [0, 0.05) is 22.2 Å². The summed E-state index contributed by atoms with van der Waals surface area (Å²) in [5, 5.41) is 8.07. The highest BCUT2D eigenvalue weighted by Crippen LogP contribution is 2.28. The number of nitrogens with one attached hydrogen (secondary N) is 2. The number of carbonyl (C=O) groups excluding carboxylic acids is 2. The lowest BCUT2D eigenvalue weighted by atomic mass is 10.0. The summed E-state index contributed by atoms with van der Waals surface area (Å²) in [6.07, 6.45) is 1.44. The van der Waals surface area contributed by atoms with Crippen molar-refractivity contribution in [2.75, 3.05) is 10.6 Å². The SMILES string of the molecule is Cc1ccc(-c2csc(NC(=O)c3ccc(C)c(NC(=O)c4ccco4)c3)n2)c(C)c1. The monoisotopic (exact) mass is 431 g/mol. The van der Waals surface area contributed by atoms with E-state index < -0.39 is 0 Å². The molecule has 7 heteroatoms. The minimum atomic E-state index is -0.372. The summed E-state index contributed by atoms with van der Waals surface area (Å²) < 4.78 is 5.12. The van der Waals surface area contributed by atoms with Crippen LogP contribution in [0.5, 0.6) is 0 Å². The van der Waals surface area contributed by atoms with E-state index in [0.717, 1.165) is 22.4 Å². The van der Waals surface area contributed by atoms with E-state index >= 15 is 0 Å². The minimum Gasteiger partial charge on any atom is -0.459 e. The minimum absolute atomic E-state index is 0.205. The van der Waals surface area contributed by atoms with Gasteiger partial charge >= 0.3 is 0 Å². The standard InChI is InChI=1S/C24H21N3O3S/c1-14-6-9-18(16(3)11-14)20-13-31-24(26-20)27-22(28)17-8-7-15(2)19(12-17)25-23(29)21-5-4-10-30-21/h4-13H,1-3H3,(H,25,29)(H,26,27,28). The van der Waals surface area contributed by atoms with Gasteiger partial charge in [-0.15, -0.1) is 11.3 Å². The normalized spacial score (nSPS) is 10.7. The number of hydrogen-bond donors (Lipinski definition) is 2. The number of aryl methyl sites for hydroxylation is 3. The van der Waals surface area contributed by atoms with Crippen LogP contribution in [0.1, 0.15) is 37.6 Å². The molecule has 2 heterocycles. The second kappa shape index (κ2) is 8.57. The molecule has 2 amide bonds. The number of aromatic nitrogens is 1. The van der Waals surface area contributed by atoms with Gasteiger partial charge in [0.15, 0.2) is 10.9 Å². The molecule has 0 aliphatic heterocycles. The number of hydrogen-bond acceptors (Lipinski definition) is 5. The molecule has 0 aliphatic rings. The Morgan fingerprint density at radius 2 is 1.77 bits per heavy atom. The number of anilines is 2. The van der Waals surface area contributed by atoms with Crippen LogP contribution in [-0.2, 0) is 0 Å². The quantitative estimate of drug-likeness (QED) is 0.416. The maximum absolute atomic E-state index is 12.8. The maximum atomic E-state index is 12.8. The van der Waals surface area contributed by atoms with Crippen LogP contribution in [0, 0.1) is 20.8 Å². The van der Waals surface area contributed by atoms with Gasteiger partial charge in [0.25, 0.3) is 11.8 Å². The molecule has 4 rings (SSSR count). The highest BCUT2D eigenvalue weighted by Gasteiger charge is 2.15. The van der Waals surface area contributed by atoms with Crippen molar-refractivity contribution in [1.29, 1.82) is 0 Å². The van der Waals surface area contributed by atoms with Gasteiger partial charge in [-0.25, -0.2) is 4.98 Å². The Balaban J connectivity index is 1.50. The van der Waals surface area contributed by atoms with E-state index in [9.17, 15) is 9.59 Å². The predicted molar refractivity (Wildman–Crippen MR) is 123 cm³/mol. The van der Waals surface area contributed by atoms with Crippen LogP contribution in [0.25, 0.3) is 11.3 Å². The first-order chi connectivity index (χ1) is 14.9. The fourth-order valence-electron chi connectivity index (χ4n) is 3.21. The van der Waals surface area contributed by atoms with Crippen molar-refractivity contribution in [1.82, 2.24) is 4.98 Å². The van der Waals surface area contributed by atoms with E-state index in [1.54, 1.807) is 30.3 Å². The van der Waals surface area contributed by atoms with Gasteiger partial charge in [0.1, 0.15) is 0 Å². The highest BCUT2D eigenvalue weighted by atomic mass is 32.1. The zero-order chi connectivity index (χ0) is 22.0. The molecule has 156 valence electrons. The summed E-state index contributed by atoms with van der Waals surface area (Å²) in [6, 6.07) is 14.6. The summed E-state index contributed by atoms with van der Waals surface area (Å²) in [5.41, 5.74) is 6.00. The average molecular weight is 432 g/mol. The molecule has 0 fully saturated rings. The second-order valence-corrected chi connectivity index (χ2v) is 8.13. The lowest BCUT2D eigenvalue weighted by Gasteiger charge is -2.09. The van der Waals surface area contributed by atoms with Gasteiger partial charge in [0.05, 0.1) is 12.0 Å². The third-order valence-corrected chi connectivity index (χ3v) is 5.63. The zero-order valence-corrected chi connectivity index (χ0v) is 18.2. The van der Waals surface area contributed by atoms with Gasteiger partial charge in [-0.2, -0.15) is 0 Å². The molecule has 0 spiro atoms. The fraction of sp³-hybridized carbons (Fsp3) is 0.125. The van der Waals surface area contributed by atoms with Crippen LogP contribution in [0.15, 0.2) is 64.6 Å². The predicted octanol–water partition coefficient (Wildman–Crippen LogP) is 5.83. The van der Waals surface area contributed by atoms with Gasteiger partial charge in [-0.1, -0.05) is 29.8 Å². The smallest absolute Gasteiger partial charge is 0.291 e. The number of nitrogens with zero attached hydrogens (tertiary/aromatic N) is 1. The Morgan fingerprint density at radius 3 is 2.52 bits per heavy atom. The van der Waals surface area contributed by atoms with Crippen LogP contribution in [-0.4, -0.2) is 16.8 Å². The van der Waals surface area contributed by atoms with Crippen molar-refractivity contribution in [3.05, 3.63) is 88.2 Å². The lowest BCUT2D eigenvalue weighted by molar-refractivity contribution is 0.0993. The number of amides is 2. The molecule has 6 nitrogen and oxygen atoms in total. The Hall–Kier alpha value is -3.71. The lowest BCUT2D eigenvalue weighted by Crippen LogP contribution is -2.15. The molecular weight excluding hydrogens is 410 g/mol. The molecule has 0 saturated carbocycles. The molecule has 0 aliphatic carbocycles. The molecule has 0 saturated heterocycles. The third-order valence-electron chi connectivity index (χ3n) is 4.88. The van der Waals surface area contributed by atoms with Gasteiger partial charge in [-0.3, -0.25) is 14.9 Å². The molecule has 4 aromatic rings. The molecule has 0 bridgehead atoms. The Morgan fingerprint density at radius 1 is 0.935 bits per heavy atom. The summed E-state index contributed by atoms with van der Waals surface area (Å²) in [4.78, 5) is 29.6. The number of benzene rings is 2. The van der Waals surface area contributed by atoms with Crippen molar-refractivity contribution < 1.29 is 14.0 Å². The number of thiazole rings is 1. The summed E-state index contributed by atoms with van der Waals surface area (Å²) in [5.74, 6) is -0.463. The highest BCUT2D eigenvalue weighted by molar-refractivity contribution is 7.14. The van der Waals surface area contributed by atoms with Gasteiger partial charge in [-0.05, 0) is 56.2 Å². The van der Waals surface area contributed by atoms with Crippen LogP contribution in [0.3, 0.4) is 0 Å². The topological polar surface area (TPSA) is 84.2 Å². The zero-order valence-electron chi connectivity index (χ0n) is 17.4. The van der Waals surface area contributed by atoms with Crippen molar-refractivity contribution in [3.8, 4) is 11.3 Å². The molecule has 0 atom stereocenters. The molecule has 2 N–H and O–H groups in total. The van der Waals surface area contributed by atoms with E-state index in [0.29, 0.717) is 16.4 Å². The molecule has 0 radical (unpaired) electrons. The summed E-state index contributed by atoms with van der Waals surface area (Å²) in [7, 11) is 0. The van der Waals surface area contributed by atoms with Crippen molar-refractivity contribution in [3.63, 3.8) is 0 Å². The molecule has 2 aromatic heterocycles. The number of furan rings is 1. The van der Waals surface area contributed by atoms with Crippen LogP contribution in [0.4, 0.5) is 10.8 Å². The van der Waals surface area contributed by atoms with Crippen molar-refractivity contribution in [2.45, 2.75) is 20.8 Å². The fourth-order valence-corrected chi connectivity index (χ4v) is 3.92. The van der Waals surface area contributed by atoms with Crippen LogP contribution in [0.2, 0.25) is 0 Å². The van der Waals surface area contributed by atoms with Crippen molar-refractivity contribution in [2.24, 2.45) is 0 Å². The van der Waals surface area contributed by atoms with E-state index in [4.69, 9.17) is 4.42 Å². The molecular formula is C24H21N3O3S. The Bertz CT molecular complexity index is 1260. The second-order valence-electron chi connectivity index (χ2n) is 7.27. The number of carbonyl (C=O) groups is 2. The summed E-state index contributed by atoms with van der Waals surface area (Å²) in [6.45, 7) is 5.96. The first-order valence-corrected chi connectivity index (χ1v) is 10.6. The Labute approximate surface area is 184 Å². The van der Waals surface area contributed by atoms with E-state index in [2.05, 4.69) is 28.6 Å². The van der Waals surface area contributed by atoms with E-state index in [1.165, 1.54) is 23.2 Å². The first-order valence-electron chi connectivity index (χ1n) is 9.71. The van der Waals surface area contributed by atoms with Crippen LogP contribution >= 0.6 is 11.3 Å². The van der Waals surface area contributed by atoms with Crippen LogP contribution < -0.4 is 10.6 Å². The van der Waals surface area contributed by atoms with Gasteiger partial charge in [0.2, 0.25) is 0 Å². The maximum Gasteiger partial charge on any atom is 0.291 e. The third kappa shape index (κ3) is 4.57. The molecule has 31 heavy (non-hydrogen) atoms. The first kappa shape index (κ1) is 20.6. The Kier molecular flexibility index (Phi) is 5.68. The van der Waals surface area contributed by atoms with Gasteiger partial charge < -0.3 is 9.73 Å². The molecule has 0 unspecified atom stereocenters. The number of rotatable bonds is 5. The van der Waals surface area contributed by atoms with E-state index in [-0.39, 0.29) is 17.6 Å². The van der Waals surface area contributed by atoms with Crippen molar-refractivity contribution >= 4 is 34.0 Å². The largest absolute Gasteiger partial charge is 0.459 e.